The molecule has 3 aromatic rings. The Balaban J connectivity index is 1.56. The Bertz CT molecular complexity index is 996. The highest BCUT2D eigenvalue weighted by Gasteiger charge is 2.40. The van der Waals surface area contributed by atoms with Crippen LogP contribution < -0.4 is 5.32 Å². The van der Waals surface area contributed by atoms with Gasteiger partial charge in [0.25, 0.3) is 11.8 Å². The third kappa shape index (κ3) is 3.51. The Morgan fingerprint density at radius 2 is 2.00 bits per heavy atom. The summed E-state index contributed by atoms with van der Waals surface area (Å²) in [5.74, 6) is 1.14. The molecule has 0 saturated carbocycles. The van der Waals surface area contributed by atoms with Crippen molar-refractivity contribution in [2.75, 3.05) is 6.54 Å². The SMILES string of the molecule is Cc1nc([C@@H]2C[C@H](NC(=O)c3ccccc3)CN2C(=O)c2coc(C)n2)n[nH]1. The minimum absolute atomic E-state index is 0.179. The predicted octanol–water partition coefficient (Wildman–Crippen LogP) is 1.80. The molecule has 1 fully saturated rings. The van der Waals surface area contributed by atoms with Crippen LogP contribution in [0.2, 0.25) is 0 Å². The molecule has 0 radical (unpaired) electrons. The van der Waals surface area contributed by atoms with E-state index >= 15 is 0 Å². The highest BCUT2D eigenvalue weighted by atomic mass is 16.3. The maximum atomic E-state index is 13.0. The lowest BCUT2D eigenvalue weighted by atomic mass is 10.1. The number of hydrogen-bond donors (Lipinski definition) is 2. The number of aromatic amines is 1. The summed E-state index contributed by atoms with van der Waals surface area (Å²) < 4.78 is 5.17. The smallest absolute Gasteiger partial charge is 0.276 e. The standard InChI is InChI=1S/C19H20N6O3/c1-11-20-17(24-23-11)16-8-14(22-18(26)13-6-4-3-5-7-13)9-25(16)19(27)15-10-28-12(2)21-15/h3-7,10,14,16H,8-9H2,1-2H3,(H,22,26)(H,20,23,24)/t14-,16-/m0/s1. The number of hydrogen-bond acceptors (Lipinski definition) is 6. The molecule has 2 amide bonds. The summed E-state index contributed by atoms with van der Waals surface area (Å²) >= 11 is 0. The van der Waals surface area contributed by atoms with E-state index in [0.717, 1.165) is 0 Å². The van der Waals surface area contributed by atoms with Gasteiger partial charge in [-0.2, -0.15) is 5.10 Å². The molecule has 1 saturated heterocycles. The third-order valence-corrected chi connectivity index (χ3v) is 4.68. The average molecular weight is 380 g/mol. The van der Waals surface area contributed by atoms with Gasteiger partial charge in [-0.3, -0.25) is 14.7 Å². The van der Waals surface area contributed by atoms with E-state index in [1.807, 2.05) is 18.2 Å². The van der Waals surface area contributed by atoms with E-state index in [0.29, 0.717) is 36.1 Å². The maximum absolute atomic E-state index is 13.0. The zero-order valence-corrected chi connectivity index (χ0v) is 15.5. The van der Waals surface area contributed by atoms with Gasteiger partial charge < -0.3 is 14.6 Å². The van der Waals surface area contributed by atoms with Crippen LogP contribution >= 0.6 is 0 Å². The number of H-pyrrole nitrogens is 1. The topological polar surface area (TPSA) is 117 Å². The Labute approximate surface area is 161 Å². The van der Waals surface area contributed by atoms with Gasteiger partial charge in [0.05, 0.1) is 6.04 Å². The number of nitrogens with zero attached hydrogens (tertiary/aromatic N) is 4. The van der Waals surface area contributed by atoms with Crippen molar-refractivity contribution in [2.24, 2.45) is 0 Å². The number of amides is 2. The minimum Gasteiger partial charge on any atom is -0.448 e. The lowest BCUT2D eigenvalue weighted by Crippen LogP contribution is -2.38. The number of aryl methyl sites for hydroxylation is 2. The number of aromatic nitrogens is 4. The van der Waals surface area contributed by atoms with Crippen molar-refractivity contribution < 1.29 is 14.0 Å². The molecular weight excluding hydrogens is 360 g/mol. The highest BCUT2D eigenvalue weighted by Crippen LogP contribution is 2.31. The number of rotatable bonds is 4. The number of carbonyl (C=O) groups is 2. The van der Waals surface area contributed by atoms with Crippen LogP contribution in [-0.2, 0) is 0 Å². The zero-order chi connectivity index (χ0) is 19.7. The molecule has 1 aliphatic rings. The molecule has 0 aliphatic carbocycles. The molecule has 28 heavy (non-hydrogen) atoms. The van der Waals surface area contributed by atoms with Gasteiger partial charge in [0.15, 0.2) is 17.4 Å². The van der Waals surface area contributed by atoms with Crippen LogP contribution in [0.25, 0.3) is 0 Å². The molecule has 9 nitrogen and oxygen atoms in total. The van der Waals surface area contributed by atoms with Gasteiger partial charge in [0.1, 0.15) is 12.1 Å². The molecule has 4 rings (SSSR count). The quantitative estimate of drug-likeness (QED) is 0.713. The number of nitrogens with one attached hydrogen (secondary N) is 2. The second-order valence-electron chi connectivity index (χ2n) is 6.78. The molecule has 9 heteroatoms. The van der Waals surface area contributed by atoms with Gasteiger partial charge in [0, 0.05) is 25.1 Å². The number of likely N-dealkylation sites (tertiary alicyclic amines) is 1. The summed E-state index contributed by atoms with van der Waals surface area (Å²) in [6, 6.07) is 8.39. The van der Waals surface area contributed by atoms with Crippen LogP contribution in [0.15, 0.2) is 41.0 Å². The zero-order valence-electron chi connectivity index (χ0n) is 15.5. The van der Waals surface area contributed by atoms with Gasteiger partial charge in [-0.1, -0.05) is 18.2 Å². The van der Waals surface area contributed by atoms with Gasteiger partial charge >= 0.3 is 0 Å². The molecule has 0 bridgehead atoms. The second-order valence-corrected chi connectivity index (χ2v) is 6.78. The molecule has 144 valence electrons. The lowest BCUT2D eigenvalue weighted by molar-refractivity contribution is 0.0718. The first-order valence-electron chi connectivity index (χ1n) is 8.99. The van der Waals surface area contributed by atoms with Crippen molar-refractivity contribution in [1.29, 1.82) is 0 Å². The van der Waals surface area contributed by atoms with Crippen molar-refractivity contribution in [3.63, 3.8) is 0 Å². The Kier molecular flexibility index (Phi) is 4.64. The third-order valence-electron chi connectivity index (χ3n) is 4.68. The van der Waals surface area contributed by atoms with E-state index in [2.05, 4.69) is 25.5 Å². The van der Waals surface area contributed by atoms with Crippen molar-refractivity contribution in [3.8, 4) is 0 Å². The van der Waals surface area contributed by atoms with Crippen LogP contribution in [0.1, 0.15) is 50.8 Å². The molecule has 0 spiro atoms. The van der Waals surface area contributed by atoms with Crippen LogP contribution in [0.3, 0.4) is 0 Å². The summed E-state index contributed by atoms with van der Waals surface area (Å²) in [7, 11) is 0. The predicted molar refractivity (Wildman–Crippen MR) is 98.5 cm³/mol. The Hall–Kier alpha value is -3.49. The van der Waals surface area contributed by atoms with E-state index in [1.54, 1.807) is 30.9 Å². The summed E-state index contributed by atoms with van der Waals surface area (Å²) in [5, 5.41) is 10.0. The molecule has 2 N–H and O–H groups in total. The van der Waals surface area contributed by atoms with Crippen molar-refractivity contribution in [3.05, 3.63) is 65.4 Å². The first kappa shape index (κ1) is 17.9. The van der Waals surface area contributed by atoms with Gasteiger partial charge in [-0.25, -0.2) is 9.97 Å². The number of carbonyl (C=O) groups excluding carboxylic acids is 2. The first-order valence-corrected chi connectivity index (χ1v) is 8.99. The average Bonchev–Trinajstić information content (AvgIpc) is 3.42. The highest BCUT2D eigenvalue weighted by molar-refractivity contribution is 5.95. The van der Waals surface area contributed by atoms with E-state index in [1.165, 1.54) is 6.26 Å². The van der Waals surface area contributed by atoms with Crippen molar-refractivity contribution in [2.45, 2.75) is 32.4 Å². The summed E-state index contributed by atoms with van der Waals surface area (Å²) in [6.45, 7) is 3.81. The van der Waals surface area contributed by atoms with Gasteiger partial charge in [-0.05, 0) is 25.5 Å². The second kappa shape index (κ2) is 7.26. The number of oxazole rings is 1. The molecular formula is C19H20N6O3. The fourth-order valence-electron chi connectivity index (χ4n) is 3.39. The summed E-state index contributed by atoms with van der Waals surface area (Å²) in [6.07, 6.45) is 1.85. The monoisotopic (exact) mass is 380 g/mol. The van der Waals surface area contributed by atoms with Crippen molar-refractivity contribution >= 4 is 11.8 Å². The van der Waals surface area contributed by atoms with Gasteiger partial charge in [-0.15, -0.1) is 0 Å². The first-order chi connectivity index (χ1) is 13.5. The Morgan fingerprint density at radius 1 is 1.21 bits per heavy atom. The van der Waals surface area contributed by atoms with Crippen LogP contribution in [0.4, 0.5) is 0 Å². The normalized spacial score (nSPS) is 19.0. The number of benzene rings is 1. The lowest BCUT2D eigenvalue weighted by Gasteiger charge is -2.21. The summed E-state index contributed by atoms with van der Waals surface area (Å²) in [4.78, 5) is 35.6. The van der Waals surface area contributed by atoms with E-state index in [4.69, 9.17) is 4.42 Å². The molecule has 2 atom stereocenters. The largest absolute Gasteiger partial charge is 0.448 e. The molecule has 1 aromatic carbocycles. The summed E-state index contributed by atoms with van der Waals surface area (Å²) in [5.41, 5.74) is 0.800. The minimum atomic E-state index is -0.365. The fraction of sp³-hybridized carbons (Fsp3) is 0.316. The van der Waals surface area contributed by atoms with E-state index < -0.39 is 0 Å². The fourth-order valence-corrected chi connectivity index (χ4v) is 3.39. The maximum Gasteiger partial charge on any atom is 0.276 e. The molecule has 2 aromatic heterocycles. The van der Waals surface area contributed by atoms with E-state index in [9.17, 15) is 9.59 Å². The van der Waals surface area contributed by atoms with E-state index in [-0.39, 0.29) is 29.6 Å². The Morgan fingerprint density at radius 3 is 2.64 bits per heavy atom. The molecule has 1 aliphatic heterocycles. The van der Waals surface area contributed by atoms with Gasteiger partial charge in [0.2, 0.25) is 0 Å². The molecule has 3 heterocycles. The molecule has 0 unspecified atom stereocenters. The van der Waals surface area contributed by atoms with Crippen LogP contribution in [0.5, 0.6) is 0 Å². The van der Waals surface area contributed by atoms with Crippen molar-refractivity contribution in [1.82, 2.24) is 30.4 Å². The van der Waals surface area contributed by atoms with Crippen LogP contribution in [0, 0.1) is 13.8 Å². The van der Waals surface area contributed by atoms with Crippen LogP contribution in [-0.4, -0.2) is 49.5 Å².